The number of likely N-dealkylation sites (N-methyl/N-ethyl adjacent to an activating group) is 1. The van der Waals surface area contributed by atoms with E-state index in [2.05, 4.69) is 15.0 Å². The zero-order valence-electron chi connectivity index (χ0n) is 16.5. The highest BCUT2D eigenvalue weighted by Crippen LogP contribution is 2.42. The van der Waals surface area contributed by atoms with Crippen LogP contribution in [0.2, 0.25) is 0 Å². The summed E-state index contributed by atoms with van der Waals surface area (Å²) in [5.41, 5.74) is 4.11. The summed E-state index contributed by atoms with van der Waals surface area (Å²) in [7, 11) is 1.60. The van der Waals surface area contributed by atoms with E-state index in [4.69, 9.17) is 10.5 Å². The van der Waals surface area contributed by atoms with Crippen LogP contribution in [0.1, 0.15) is 22.1 Å². The van der Waals surface area contributed by atoms with E-state index in [0.29, 0.717) is 33.7 Å². The van der Waals surface area contributed by atoms with Crippen LogP contribution in [0.4, 0.5) is 19.0 Å². The summed E-state index contributed by atoms with van der Waals surface area (Å²) in [6, 6.07) is 5.41. The van der Waals surface area contributed by atoms with Crippen molar-refractivity contribution in [2.45, 2.75) is 16.4 Å². The number of rotatable bonds is 3. The van der Waals surface area contributed by atoms with Crippen molar-refractivity contribution in [1.82, 2.24) is 24.3 Å². The molecule has 1 aliphatic heterocycles. The molecule has 12 heteroatoms. The minimum Gasteiger partial charge on any atom is -0.491 e. The topological polar surface area (TPSA) is 98.6 Å². The SMILES string of the molecule is CN(C(=O)c1cc2c(cn1)nc(N)c1cncn12)[C@@H]1COc2cc(SC(F)(F)F)ccc21. The first-order chi connectivity index (χ1) is 15.2. The number of carbonyl (C=O) groups excluding carboxylic acids is 1. The highest BCUT2D eigenvalue weighted by atomic mass is 32.2. The molecule has 0 saturated heterocycles. The molecule has 5 rings (SSSR count). The smallest absolute Gasteiger partial charge is 0.446 e. The number of amides is 1. The molecule has 0 saturated carbocycles. The van der Waals surface area contributed by atoms with E-state index in [1.807, 2.05) is 0 Å². The maximum Gasteiger partial charge on any atom is 0.446 e. The molecule has 1 amide bonds. The number of halogens is 3. The summed E-state index contributed by atoms with van der Waals surface area (Å²) in [5, 5.41) is 0. The Labute approximate surface area is 183 Å². The molecule has 8 nitrogen and oxygen atoms in total. The van der Waals surface area contributed by atoms with Gasteiger partial charge in [-0.2, -0.15) is 13.2 Å². The van der Waals surface area contributed by atoms with Gasteiger partial charge in [0.15, 0.2) is 0 Å². The molecular formula is C20H15F3N6O2S. The number of aromatic nitrogens is 4. The second kappa shape index (κ2) is 7.26. The molecular weight excluding hydrogens is 445 g/mol. The van der Waals surface area contributed by atoms with Gasteiger partial charge in [-0.25, -0.2) is 15.0 Å². The lowest BCUT2D eigenvalue weighted by Gasteiger charge is -2.23. The molecule has 1 aliphatic rings. The van der Waals surface area contributed by atoms with Crippen molar-refractivity contribution in [3.63, 3.8) is 0 Å². The number of anilines is 1. The standard InChI is InChI=1S/C20H15F3N6O2S/c1-28(16-8-31-17-4-10(2-3-11(16)17)32-20(21,22)23)19(30)12-5-14-13(6-26-12)27-18(24)15-7-25-9-29(14)15/h2-7,9,16H,8H2,1H3,(H2,24,27)/t16-/m1/s1. The fourth-order valence-electron chi connectivity index (χ4n) is 3.71. The van der Waals surface area contributed by atoms with Crippen molar-refractivity contribution in [3.8, 4) is 5.75 Å². The van der Waals surface area contributed by atoms with Crippen LogP contribution in [0.25, 0.3) is 16.6 Å². The van der Waals surface area contributed by atoms with Crippen LogP contribution in [0.15, 0.2) is 47.9 Å². The normalized spacial score (nSPS) is 15.7. The first-order valence-corrected chi connectivity index (χ1v) is 10.2. The lowest BCUT2D eigenvalue weighted by Crippen LogP contribution is -2.32. The van der Waals surface area contributed by atoms with Gasteiger partial charge in [0.1, 0.15) is 34.9 Å². The number of nitrogens with two attached hydrogens (primary N) is 1. The predicted molar refractivity (Wildman–Crippen MR) is 111 cm³/mol. The molecule has 32 heavy (non-hydrogen) atoms. The maximum atomic E-state index is 13.2. The number of ether oxygens (including phenoxy) is 1. The lowest BCUT2D eigenvalue weighted by molar-refractivity contribution is -0.0328. The molecule has 1 atom stereocenters. The van der Waals surface area contributed by atoms with Gasteiger partial charge in [-0.1, -0.05) is 6.07 Å². The number of pyridine rings is 1. The third-order valence-corrected chi connectivity index (χ3v) is 5.97. The summed E-state index contributed by atoms with van der Waals surface area (Å²) in [6.07, 6.45) is 4.62. The molecule has 0 radical (unpaired) electrons. The summed E-state index contributed by atoms with van der Waals surface area (Å²) >= 11 is -0.210. The van der Waals surface area contributed by atoms with Gasteiger partial charge in [0.2, 0.25) is 0 Å². The maximum absolute atomic E-state index is 13.2. The predicted octanol–water partition coefficient (Wildman–Crippen LogP) is 3.68. The van der Waals surface area contributed by atoms with Crippen LogP contribution >= 0.6 is 11.8 Å². The van der Waals surface area contributed by atoms with Crippen molar-refractivity contribution in [3.05, 3.63) is 54.2 Å². The second-order valence-electron chi connectivity index (χ2n) is 7.19. The minimum absolute atomic E-state index is 0.0261. The Kier molecular flexibility index (Phi) is 4.62. The van der Waals surface area contributed by atoms with Gasteiger partial charge in [0, 0.05) is 17.5 Å². The summed E-state index contributed by atoms with van der Waals surface area (Å²) in [6.45, 7) is 0.134. The van der Waals surface area contributed by atoms with Crippen molar-refractivity contribution in [2.75, 3.05) is 19.4 Å². The van der Waals surface area contributed by atoms with Gasteiger partial charge < -0.3 is 15.4 Å². The Morgan fingerprint density at radius 2 is 2.09 bits per heavy atom. The van der Waals surface area contributed by atoms with Crippen LogP contribution in [0, 0.1) is 0 Å². The van der Waals surface area contributed by atoms with Gasteiger partial charge in [-0.3, -0.25) is 9.20 Å². The summed E-state index contributed by atoms with van der Waals surface area (Å²) in [4.78, 5) is 27.3. The molecule has 164 valence electrons. The molecule has 4 heterocycles. The van der Waals surface area contributed by atoms with Crippen LogP contribution in [-0.4, -0.2) is 49.3 Å². The molecule has 3 aromatic heterocycles. The van der Waals surface area contributed by atoms with Crippen LogP contribution < -0.4 is 10.5 Å². The van der Waals surface area contributed by atoms with Crippen molar-refractivity contribution >= 4 is 40.0 Å². The lowest BCUT2D eigenvalue weighted by atomic mass is 10.1. The van der Waals surface area contributed by atoms with E-state index in [9.17, 15) is 18.0 Å². The van der Waals surface area contributed by atoms with Crippen molar-refractivity contribution in [2.24, 2.45) is 0 Å². The Balaban J connectivity index is 1.45. The number of thioether (sulfide) groups is 1. The zero-order chi connectivity index (χ0) is 22.6. The first-order valence-electron chi connectivity index (χ1n) is 9.38. The highest BCUT2D eigenvalue weighted by Gasteiger charge is 2.34. The molecule has 0 unspecified atom stereocenters. The molecule has 2 N–H and O–H groups in total. The zero-order valence-corrected chi connectivity index (χ0v) is 17.3. The molecule has 0 bridgehead atoms. The number of nitrogens with zero attached hydrogens (tertiary/aromatic N) is 5. The fourth-order valence-corrected chi connectivity index (χ4v) is 4.28. The third-order valence-electron chi connectivity index (χ3n) is 5.24. The Morgan fingerprint density at radius 1 is 1.28 bits per heavy atom. The fraction of sp³-hybridized carbons (Fsp3) is 0.200. The number of carbonyl (C=O) groups is 1. The number of hydrogen-bond acceptors (Lipinski definition) is 7. The molecule has 1 aromatic carbocycles. The first kappa shape index (κ1) is 20.4. The van der Waals surface area contributed by atoms with E-state index in [1.165, 1.54) is 23.2 Å². The number of hydrogen-bond donors (Lipinski definition) is 1. The van der Waals surface area contributed by atoms with Crippen LogP contribution in [0.5, 0.6) is 5.75 Å². The number of imidazole rings is 1. The number of alkyl halides is 3. The number of benzene rings is 1. The average molecular weight is 460 g/mol. The number of nitrogen functional groups attached to an aromatic ring is 1. The van der Waals surface area contributed by atoms with Crippen LogP contribution in [-0.2, 0) is 0 Å². The van der Waals surface area contributed by atoms with Crippen LogP contribution in [0.3, 0.4) is 0 Å². The van der Waals surface area contributed by atoms with Gasteiger partial charge >= 0.3 is 5.51 Å². The average Bonchev–Trinajstić information content (AvgIpc) is 3.39. The Bertz CT molecular complexity index is 1370. The summed E-state index contributed by atoms with van der Waals surface area (Å²) in [5.74, 6) is 0.262. The van der Waals surface area contributed by atoms with Gasteiger partial charge in [-0.15, -0.1) is 0 Å². The molecule has 4 aromatic rings. The van der Waals surface area contributed by atoms with Gasteiger partial charge in [-0.05, 0) is 30.0 Å². The van der Waals surface area contributed by atoms with E-state index >= 15 is 0 Å². The highest BCUT2D eigenvalue weighted by molar-refractivity contribution is 8.00. The molecule has 0 aliphatic carbocycles. The van der Waals surface area contributed by atoms with Gasteiger partial charge in [0.05, 0.1) is 30.3 Å². The Hall–Kier alpha value is -3.54. The van der Waals surface area contributed by atoms with E-state index in [0.717, 1.165) is 0 Å². The second-order valence-corrected chi connectivity index (χ2v) is 8.33. The minimum atomic E-state index is -4.39. The molecule has 0 spiro atoms. The van der Waals surface area contributed by atoms with Crippen molar-refractivity contribution in [1.29, 1.82) is 0 Å². The molecule has 0 fully saturated rings. The van der Waals surface area contributed by atoms with E-state index in [-0.39, 0.29) is 34.9 Å². The largest absolute Gasteiger partial charge is 0.491 e. The van der Waals surface area contributed by atoms with E-state index < -0.39 is 11.6 Å². The quantitative estimate of drug-likeness (QED) is 0.466. The van der Waals surface area contributed by atoms with Crippen molar-refractivity contribution < 1.29 is 22.7 Å². The third kappa shape index (κ3) is 3.45. The van der Waals surface area contributed by atoms with E-state index in [1.54, 1.807) is 36.1 Å². The monoisotopic (exact) mass is 460 g/mol. The number of fused-ring (bicyclic) bond motifs is 4. The van der Waals surface area contributed by atoms with Gasteiger partial charge in [0.25, 0.3) is 5.91 Å². The Morgan fingerprint density at radius 3 is 2.88 bits per heavy atom. The summed E-state index contributed by atoms with van der Waals surface area (Å²) < 4.78 is 45.2.